The first-order valence-corrected chi connectivity index (χ1v) is 7.83. The van der Waals surface area contributed by atoms with Gasteiger partial charge in [-0.3, -0.25) is 14.9 Å². The van der Waals surface area contributed by atoms with E-state index in [2.05, 4.69) is 10.5 Å². The molecule has 2 aromatic rings. The maximum Gasteiger partial charge on any atom is 0.282 e. The number of nitrogens with one attached hydrogen (secondary N) is 1. The molecule has 0 aliphatic rings. The Labute approximate surface area is 155 Å². The normalized spacial score (nSPS) is 10.5. The number of amides is 1. The first kappa shape index (κ1) is 19.7. The van der Waals surface area contributed by atoms with Gasteiger partial charge >= 0.3 is 0 Å². The van der Waals surface area contributed by atoms with E-state index >= 15 is 0 Å². The predicted molar refractivity (Wildman–Crippen MR) is 98.6 cm³/mol. The topological polar surface area (TPSA) is 112 Å². The molecular weight excluding hydrogens is 354 g/mol. The van der Waals surface area contributed by atoms with Crippen LogP contribution >= 0.6 is 0 Å². The number of carbonyl (C=O) groups is 1. The number of ether oxygens (including phenoxy) is 3. The fourth-order valence-electron chi connectivity index (χ4n) is 2.29. The zero-order chi connectivity index (χ0) is 19.8. The Bertz CT molecular complexity index is 849. The highest BCUT2D eigenvalue weighted by atomic mass is 16.6. The molecule has 0 spiro atoms. The average molecular weight is 373 g/mol. The van der Waals surface area contributed by atoms with Crippen molar-refractivity contribution in [3.8, 4) is 17.2 Å². The fourth-order valence-corrected chi connectivity index (χ4v) is 2.29. The van der Waals surface area contributed by atoms with Crippen molar-refractivity contribution < 1.29 is 23.9 Å². The van der Waals surface area contributed by atoms with Crippen LogP contribution in [0, 0.1) is 10.1 Å². The van der Waals surface area contributed by atoms with E-state index in [9.17, 15) is 14.9 Å². The van der Waals surface area contributed by atoms with Gasteiger partial charge in [0.2, 0.25) is 5.91 Å². The second-order valence-corrected chi connectivity index (χ2v) is 5.34. The van der Waals surface area contributed by atoms with Crippen LogP contribution in [0.3, 0.4) is 0 Å². The highest BCUT2D eigenvalue weighted by molar-refractivity contribution is 5.88. The van der Waals surface area contributed by atoms with Crippen LogP contribution in [0.4, 0.5) is 5.69 Å². The minimum Gasteiger partial charge on any atom is -0.497 e. The van der Waals surface area contributed by atoms with Crippen molar-refractivity contribution >= 4 is 17.8 Å². The number of rotatable bonds is 8. The highest BCUT2D eigenvalue weighted by Gasteiger charge is 2.18. The maximum atomic E-state index is 12.0. The first-order valence-electron chi connectivity index (χ1n) is 7.83. The van der Waals surface area contributed by atoms with Gasteiger partial charge in [-0.1, -0.05) is 12.1 Å². The monoisotopic (exact) mass is 373 g/mol. The van der Waals surface area contributed by atoms with E-state index in [1.807, 2.05) is 0 Å². The molecule has 0 radical (unpaired) electrons. The molecule has 2 rings (SSSR count). The third-order valence-corrected chi connectivity index (χ3v) is 3.65. The summed E-state index contributed by atoms with van der Waals surface area (Å²) in [5.41, 5.74) is 3.07. The largest absolute Gasteiger partial charge is 0.497 e. The van der Waals surface area contributed by atoms with Crippen LogP contribution in [0.2, 0.25) is 0 Å². The number of methoxy groups -OCH3 is 3. The number of nitrogens with zero attached hydrogens (tertiary/aromatic N) is 2. The van der Waals surface area contributed by atoms with Crippen LogP contribution in [-0.4, -0.2) is 38.4 Å². The molecule has 0 unspecified atom stereocenters. The summed E-state index contributed by atoms with van der Waals surface area (Å²) in [6, 6.07) is 9.68. The Morgan fingerprint density at radius 3 is 2.30 bits per heavy atom. The molecule has 142 valence electrons. The van der Waals surface area contributed by atoms with Crippen molar-refractivity contribution in [2.75, 3.05) is 21.3 Å². The highest BCUT2D eigenvalue weighted by Crippen LogP contribution is 2.33. The van der Waals surface area contributed by atoms with Crippen molar-refractivity contribution in [1.29, 1.82) is 0 Å². The number of nitro benzene ring substituents is 1. The number of hydrazone groups is 1. The molecule has 2 aromatic carbocycles. The van der Waals surface area contributed by atoms with Gasteiger partial charge in [-0.2, -0.15) is 5.10 Å². The SMILES string of the molecule is COc1ccc(CC(=O)N/N=C/c2cc(OC)c(OC)cc2[N+](=O)[O-])cc1. The molecule has 0 aromatic heterocycles. The van der Waals surface area contributed by atoms with Gasteiger partial charge in [0.25, 0.3) is 5.69 Å². The van der Waals surface area contributed by atoms with Gasteiger partial charge in [-0.05, 0) is 23.8 Å². The Morgan fingerprint density at radius 2 is 1.74 bits per heavy atom. The summed E-state index contributed by atoms with van der Waals surface area (Å²) >= 11 is 0. The standard InChI is InChI=1S/C18H19N3O6/c1-25-14-6-4-12(5-7-14)8-18(22)20-19-11-13-9-16(26-2)17(27-3)10-15(13)21(23)24/h4-7,9-11H,8H2,1-3H3,(H,20,22)/b19-11+. The third-order valence-electron chi connectivity index (χ3n) is 3.65. The van der Waals surface area contributed by atoms with E-state index in [-0.39, 0.29) is 29.3 Å². The van der Waals surface area contributed by atoms with E-state index in [0.717, 1.165) is 5.56 Å². The molecule has 9 heteroatoms. The summed E-state index contributed by atoms with van der Waals surface area (Å²) in [4.78, 5) is 22.6. The van der Waals surface area contributed by atoms with Gasteiger partial charge in [0.15, 0.2) is 11.5 Å². The molecule has 1 amide bonds. The molecule has 1 N–H and O–H groups in total. The lowest BCUT2D eigenvalue weighted by Gasteiger charge is -2.08. The van der Waals surface area contributed by atoms with Crippen LogP contribution in [-0.2, 0) is 11.2 Å². The lowest BCUT2D eigenvalue weighted by atomic mass is 10.1. The van der Waals surface area contributed by atoms with E-state index in [0.29, 0.717) is 11.5 Å². The van der Waals surface area contributed by atoms with E-state index < -0.39 is 4.92 Å². The average Bonchev–Trinajstić information content (AvgIpc) is 2.67. The Balaban J connectivity index is 2.09. The molecule has 9 nitrogen and oxygen atoms in total. The first-order chi connectivity index (χ1) is 13.0. The van der Waals surface area contributed by atoms with Gasteiger partial charge in [0.05, 0.1) is 50.5 Å². The zero-order valence-electron chi connectivity index (χ0n) is 15.1. The molecule has 0 heterocycles. The van der Waals surface area contributed by atoms with Gasteiger partial charge in [0.1, 0.15) is 5.75 Å². The summed E-state index contributed by atoms with van der Waals surface area (Å²) < 4.78 is 15.2. The van der Waals surface area contributed by atoms with Crippen LogP contribution in [0.25, 0.3) is 0 Å². The molecule has 0 atom stereocenters. The molecule has 27 heavy (non-hydrogen) atoms. The van der Waals surface area contributed by atoms with Crippen LogP contribution < -0.4 is 19.6 Å². The van der Waals surface area contributed by atoms with Crippen LogP contribution in [0.15, 0.2) is 41.5 Å². The van der Waals surface area contributed by atoms with Crippen molar-refractivity contribution in [2.24, 2.45) is 5.10 Å². The number of carbonyl (C=O) groups excluding carboxylic acids is 1. The Kier molecular flexibility index (Phi) is 6.70. The van der Waals surface area contributed by atoms with Crippen molar-refractivity contribution in [3.05, 3.63) is 57.6 Å². The molecule has 0 bridgehead atoms. The molecule has 0 saturated heterocycles. The second-order valence-electron chi connectivity index (χ2n) is 5.34. The minimum absolute atomic E-state index is 0.107. The molecular formula is C18H19N3O6. The maximum absolute atomic E-state index is 12.0. The molecule has 0 aliphatic carbocycles. The summed E-state index contributed by atoms with van der Waals surface area (Å²) in [6.07, 6.45) is 1.29. The van der Waals surface area contributed by atoms with Crippen LogP contribution in [0.1, 0.15) is 11.1 Å². The lowest BCUT2D eigenvalue weighted by Crippen LogP contribution is -2.19. The van der Waals surface area contributed by atoms with E-state index in [1.165, 1.54) is 32.6 Å². The quantitative estimate of drug-likeness (QED) is 0.432. The smallest absolute Gasteiger partial charge is 0.282 e. The minimum atomic E-state index is -0.567. The number of hydrogen-bond acceptors (Lipinski definition) is 7. The van der Waals surface area contributed by atoms with Gasteiger partial charge in [-0.25, -0.2) is 5.43 Å². The van der Waals surface area contributed by atoms with E-state index in [1.54, 1.807) is 31.4 Å². The van der Waals surface area contributed by atoms with Crippen molar-refractivity contribution in [2.45, 2.75) is 6.42 Å². The van der Waals surface area contributed by atoms with Crippen LogP contribution in [0.5, 0.6) is 17.2 Å². The summed E-state index contributed by atoms with van der Waals surface area (Å²) in [6.45, 7) is 0. The molecule has 0 saturated carbocycles. The van der Waals surface area contributed by atoms with E-state index in [4.69, 9.17) is 14.2 Å². The summed E-state index contributed by atoms with van der Waals surface area (Å²) in [5, 5.41) is 15.0. The number of hydrogen-bond donors (Lipinski definition) is 1. The Hall–Kier alpha value is -3.62. The second kappa shape index (κ2) is 9.18. The fraction of sp³-hybridized carbons (Fsp3) is 0.222. The molecule has 0 fully saturated rings. The Morgan fingerprint density at radius 1 is 1.11 bits per heavy atom. The van der Waals surface area contributed by atoms with Crippen molar-refractivity contribution in [3.63, 3.8) is 0 Å². The lowest BCUT2D eigenvalue weighted by molar-refractivity contribution is -0.385. The predicted octanol–water partition coefficient (Wildman–Crippen LogP) is 2.31. The number of benzene rings is 2. The summed E-state index contributed by atoms with van der Waals surface area (Å²) in [7, 11) is 4.36. The van der Waals surface area contributed by atoms with Gasteiger partial charge in [0, 0.05) is 0 Å². The molecule has 0 aliphatic heterocycles. The third kappa shape index (κ3) is 5.18. The zero-order valence-corrected chi connectivity index (χ0v) is 15.1. The van der Waals surface area contributed by atoms with Gasteiger partial charge < -0.3 is 14.2 Å². The van der Waals surface area contributed by atoms with Crippen molar-refractivity contribution in [1.82, 2.24) is 5.43 Å². The number of nitro groups is 1. The summed E-state index contributed by atoms with van der Waals surface area (Å²) in [5.74, 6) is 0.872. The van der Waals surface area contributed by atoms with Gasteiger partial charge in [-0.15, -0.1) is 0 Å².